The molecule has 1 aliphatic rings. The Morgan fingerprint density at radius 3 is 2.67 bits per heavy atom. The van der Waals surface area contributed by atoms with Gasteiger partial charge in [-0.2, -0.15) is 0 Å². The van der Waals surface area contributed by atoms with Gasteiger partial charge in [0.2, 0.25) is 5.91 Å². The second-order valence-electron chi connectivity index (χ2n) is 4.03. The zero-order valence-corrected chi connectivity index (χ0v) is 8.70. The molecule has 0 saturated heterocycles. The van der Waals surface area contributed by atoms with Gasteiger partial charge in [0.25, 0.3) is 0 Å². The van der Waals surface area contributed by atoms with E-state index in [1.165, 1.54) is 12.8 Å². The van der Waals surface area contributed by atoms with E-state index < -0.39 is 0 Å². The Hall–Kier alpha value is -1.35. The van der Waals surface area contributed by atoms with Crippen molar-refractivity contribution in [2.24, 2.45) is 5.92 Å². The lowest BCUT2D eigenvalue weighted by molar-refractivity contribution is -0.121. The highest BCUT2D eigenvalue weighted by Gasteiger charge is 2.20. The topological polar surface area (TPSA) is 41.1 Å². The first-order chi connectivity index (χ1) is 7.34. The van der Waals surface area contributed by atoms with E-state index in [0.717, 1.165) is 18.0 Å². The summed E-state index contributed by atoms with van der Waals surface area (Å²) in [4.78, 5) is 11.4. The van der Waals surface area contributed by atoms with Crippen LogP contribution in [0.1, 0.15) is 18.4 Å². The van der Waals surface area contributed by atoms with Gasteiger partial charge < -0.3 is 0 Å². The molecule has 0 bridgehead atoms. The van der Waals surface area contributed by atoms with Crippen LogP contribution in [0.3, 0.4) is 0 Å². The van der Waals surface area contributed by atoms with E-state index >= 15 is 0 Å². The average molecular weight is 204 g/mol. The van der Waals surface area contributed by atoms with Gasteiger partial charge in [-0.25, -0.2) is 5.43 Å². The molecule has 3 nitrogen and oxygen atoms in total. The molecule has 1 aliphatic carbocycles. The fraction of sp³-hybridized carbons (Fsp3) is 0.417. The second-order valence-corrected chi connectivity index (χ2v) is 4.03. The summed E-state index contributed by atoms with van der Waals surface area (Å²) in [5.74, 6) is 0.809. The van der Waals surface area contributed by atoms with Gasteiger partial charge in [-0.05, 0) is 24.3 Å². The fourth-order valence-corrected chi connectivity index (χ4v) is 1.44. The van der Waals surface area contributed by atoms with Gasteiger partial charge in [-0.15, -0.1) is 0 Å². The van der Waals surface area contributed by atoms with Gasteiger partial charge in [0, 0.05) is 6.54 Å². The molecule has 0 spiro atoms. The highest BCUT2D eigenvalue weighted by molar-refractivity contribution is 5.77. The molecular weight excluding hydrogens is 188 g/mol. The maximum atomic E-state index is 11.4. The van der Waals surface area contributed by atoms with E-state index in [2.05, 4.69) is 10.9 Å². The van der Waals surface area contributed by atoms with Gasteiger partial charge in [-0.1, -0.05) is 30.3 Å². The highest BCUT2D eigenvalue weighted by atomic mass is 16.2. The third kappa shape index (κ3) is 3.72. The molecule has 2 N–H and O–H groups in total. The minimum absolute atomic E-state index is 0.0295. The van der Waals surface area contributed by atoms with Crippen molar-refractivity contribution in [2.75, 3.05) is 6.54 Å². The molecule has 1 aromatic carbocycles. The number of nitrogens with one attached hydrogen (secondary N) is 2. The maximum absolute atomic E-state index is 11.4. The molecule has 1 fully saturated rings. The van der Waals surface area contributed by atoms with Crippen LogP contribution >= 0.6 is 0 Å². The average Bonchev–Trinajstić information content (AvgIpc) is 3.03. The van der Waals surface area contributed by atoms with Crippen LogP contribution in [0.5, 0.6) is 0 Å². The first-order valence-corrected chi connectivity index (χ1v) is 5.40. The summed E-state index contributed by atoms with van der Waals surface area (Å²) in [7, 11) is 0. The molecule has 80 valence electrons. The van der Waals surface area contributed by atoms with Crippen molar-refractivity contribution in [3.63, 3.8) is 0 Å². The van der Waals surface area contributed by atoms with Crippen molar-refractivity contribution >= 4 is 5.91 Å². The van der Waals surface area contributed by atoms with Crippen molar-refractivity contribution in [1.82, 2.24) is 10.9 Å². The maximum Gasteiger partial charge on any atom is 0.238 e. The van der Waals surface area contributed by atoms with Crippen molar-refractivity contribution in [3.05, 3.63) is 35.9 Å². The van der Waals surface area contributed by atoms with E-state index in [9.17, 15) is 4.79 Å². The summed E-state index contributed by atoms with van der Waals surface area (Å²) in [6, 6.07) is 9.76. The van der Waals surface area contributed by atoms with Crippen LogP contribution in [-0.4, -0.2) is 12.5 Å². The van der Waals surface area contributed by atoms with Crippen molar-refractivity contribution < 1.29 is 4.79 Å². The van der Waals surface area contributed by atoms with Crippen LogP contribution in [0.4, 0.5) is 0 Å². The largest absolute Gasteiger partial charge is 0.291 e. The normalized spacial score (nSPS) is 14.9. The summed E-state index contributed by atoms with van der Waals surface area (Å²) in [6.45, 7) is 0.903. The highest BCUT2D eigenvalue weighted by Crippen LogP contribution is 2.27. The molecule has 2 rings (SSSR count). The van der Waals surface area contributed by atoms with E-state index in [4.69, 9.17) is 0 Å². The molecule has 3 heteroatoms. The molecule has 0 atom stereocenters. The van der Waals surface area contributed by atoms with Crippen LogP contribution in [0.2, 0.25) is 0 Å². The number of hydrogen-bond donors (Lipinski definition) is 2. The Bertz CT molecular complexity index is 320. The lowest BCUT2D eigenvalue weighted by Gasteiger charge is -2.06. The molecular formula is C12H16N2O. The standard InChI is InChI=1S/C12H16N2O/c15-12(14-13-9-11-6-7-11)8-10-4-2-1-3-5-10/h1-5,11,13H,6-9H2,(H,14,15). The van der Waals surface area contributed by atoms with Crippen LogP contribution in [0.25, 0.3) is 0 Å². The zero-order valence-electron chi connectivity index (χ0n) is 8.70. The molecule has 0 aromatic heterocycles. The Kier molecular flexibility index (Phi) is 3.35. The molecule has 0 heterocycles. The fourth-order valence-electron chi connectivity index (χ4n) is 1.44. The lowest BCUT2D eigenvalue weighted by Crippen LogP contribution is -2.39. The number of hydrazine groups is 1. The molecule has 15 heavy (non-hydrogen) atoms. The van der Waals surface area contributed by atoms with Crippen molar-refractivity contribution in [2.45, 2.75) is 19.3 Å². The summed E-state index contributed by atoms with van der Waals surface area (Å²) in [5.41, 5.74) is 6.73. The Balaban J connectivity index is 1.67. The number of carbonyl (C=O) groups is 1. The van der Waals surface area contributed by atoms with E-state index in [-0.39, 0.29) is 5.91 Å². The SMILES string of the molecule is O=C(Cc1ccccc1)NNCC1CC1. The smallest absolute Gasteiger partial charge is 0.238 e. The Morgan fingerprint density at radius 2 is 2.00 bits per heavy atom. The van der Waals surface area contributed by atoms with Crippen LogP contribution in [0, 0.1) is 5.92 Å². The molecule has 0 radical (unpaired) electrons. The first-order valence-electron chi connectivity index (χ1n) is 5.40. The predicted octanol–water partition coefficient (Wildman–Crippen LogP) is 1.26. The van der Waals surface area contributed by atoms with Gasteiger partial charge in [0.15, 0.2) is 0 Å². The summed E-state index contributed by atoms with van der Waals surface area (Å²) in [6.07, 6.45) is 3.03. The summed E-state index contributed by atoms with van der Waals surface area (Å²) >= 11 is 0. The Labute approximate surface area is 89.8 Å². The molecule has 1 aromatic rings. The van der Waals surface area contributed by atoms with Gasteiger partial charge in [0.05, 0.1) is 6.42 Å². The number of benzene rings is 1. The zero-order chi connectivity index (χ0) is 10.5. The van der Waals surface area contributed by atoms with Crippen molar-refractivity contribution in [1.29, 1.82) is 0 Å². The summed E-state index contributed by atoms with van der Waals surface area (Å²) in [5, 5.41) is 0. The number of amides is 1. The number of rotatable bonds is 5. The summed E-state index contributed by atoms with van der Waals surface area (Å²) < 4.78 is 0. The minimum atomic E-state index is 0.0295. The monoisotopic (exact) mass is 204 g/mol. The second kappa shape index (κ2) is 4.94. The third-order valence-electron chi connectivity index (χ3n) is 2.52. The first kappa shape index (κ1) is 10.2. The van der Waals surface area contributed by atoms with Crippen LogP contribution in [0.15, 0.2) is 30.3 Å². The van der Waals surface area contributed by atoms with E-state index in [1.807, 2.05) is 30.3 Å². The van der Waals surface area contributed by atoms with Gasteiger partial charge in [-0.3, -0.25) is 10.2 Å². The minimum Gasteiger partial charge on any atom is -0.291 e. The molecule has 0 unspecified atom stereocenters. The van der Waals surface area contributed by atoms with Gasteiger partial charge in [0.1, 0.15) is 0 Å². The van der Waals surface area contributed by atoms with Gasteiger partial charge >= 0.3 is 0 Å². The lowest BCUT2D eigenvalue weighted by atomic mass is 10.1. The van der Waals surface area contributed by atoms with Crippen LogP contribution in [-0.2, 0) is 11.2 Å². The quantitative estimate of drug-likeness (QED) is 0.709. The number of carbonyl (C=O) groups excluding carboxylic acids is 1. The van der Waals surface area contributed by atoms with Crippen LogP contribution < -0.4 is 10.9 Å². The molecule has 1 amide bonds. The Morgan fingerprint density at radius 1 is 1.27 bits per heavy atom. The number of hydrogen-bond acceptors (Lipinski definition) is 2. The third-order valence-corrected chi connectivity index (χ3v) is 2.52. The molecule has 1 saturated carbocycles. The predicted molar refractivity (Wildman–Crippen MR) is 59.0 cm³/mol. The van der Waals surface area contributed by atoms with Crippen molar-refractivity contribution in [3.8, 4) is 0 Å². The van der Waals surface area contributed by atoms with E-state index in [0.29, 0.717) is 6.42 Å². The molecule has 0 aliphatic heterocycles. The van der Waals surface area contributed by atoms with E-state index in [1.54, 1.807) is 0 Å².